The van der Waals surface area contributed by atoms with Gasteiger partial charge < -0.3 is 10.6 Å². The normalized spacial score (nSPS) is 17.7. The molecular weight excluding hydrogens is 302 g/mol. The van der Waals surface area contributed by atoms with Crippen molar-refractivity contribution in [2.24, 2.45) is 4.99 Å². The SMILES string of the molecule is C(/CNC1=NCCN1)=C1/c2ccccc2CSc2ccccc21. The van der Waals surface area contributed by atoms with Crippen LogP contribution in [0.25, 0.3) is 5.57 Å². The van der Waals surface area contributed by atoms with Crippen LogP contribution >= 0.6 is 11.8 Å². The summed E-state index contributed by atoms with van der Waals surface area (Å²) in [6.07, 6.45) is 2.28. The standard InChI is InChI=1S/C19H19N3S/c1-2-6-15-14(5-1)13-23-18-8-4-3-7-17(18)16(15)9-10-20-19-21-11-12-22-19/h1-9H,10-13H2,(H2,20,21,22)/b16-9+. The molecule has 116 valence electrons. The van der Waals surface area contributed by atoms with Gasteiger partial charge in [0.1, 0.15) is 0 Å². The van der Waals surface area contributed by atoms with Gasteiger partial charge in [-0.25, -0.2) is 0 Å². The minimum atomic E-state index is 0.772. The molecule has 0 aromatic heterocycles. The number of guanidine groups is 1. The molecule has 0 spiro atoms. The van der Waals surface area contributed by atoms with Crippen molar-refractivity contribution >= 4 is 23.3 Å². The predicted octanol–water partition coefficient (Wildman–Crippen LogP) is 3.27. The van der Waals surface area contributed by atoms with Crippen molar-refractivity contribution < 1.29 is 0 Å². The largest absolute Gasteiger partial charge is 0.355 e. The van der Waals surface area contributed by atoms with Gasteiger partial charge in [0.2, 0.25) is 0 Å². The molecule has 23 heavy (non-hydrogen) atoms. The fraction of sp³-hybridized carbons (Fsp3) is 0.211. The Bertz CT molecular complexity index is 730. The highest BCUT2D eigenvalue weighted by Gasteiger charge is 2.17. The van der Waals surface area contributed by atoms with Gasteiger partial charge in [-0.3, -0.25) is 4.99 Å². The summed E-state index contributed by atoms with van der Waals surface area (Å²) in [7, 11) is 0. The van der Waals surface area contributed by atoms with Crippen LogP contribution in [0.2, 0.25) is 0 Å². The number of hydrogen-bond acceptors (Lipinski definition) is 4. The average Bonchev–Trinajstić information content (AvgIpc) is 3.06. The zero-order chi connectivity index (χ0) is 15.5. The summed E-state index contributed by atoms with van der Waals surface area (Å²) in [5.41, 5.74) is 5.38. The van der Waals surface area contributed by atoms with Crippen LogP contribution in [0.15, 0.2) is 64.5 Å². The first-order valence-electron chi connectivity index (χ1n) is 7.94. The molecule has 2 aromatic rings. The van der Waals surface area contributed by atoms with E-state index in [9.17, 15) is 0 Å². The first kappa shape index (κ1) is 14.4. The van der Waals surface area contributed by atoms with E-state index in [0.717, 1.165) is 31.3 Å². The maximum Gasteiger partial charge on any atom is 0.191 e. The maximum atomic E-state index is 4.39. The highest BCUT2D eigenvalue weighted by atomic mass is 32.2. The van der Waals surface area contributed by atoms with E-state index in [1.807, 2.05) is 11.8 Å². The molecule has 4 rings (SSSR count). The summed E-state index contributed by atoms with van der Waals surface area (Å²) >= 11 is 1.92. The number of hydrogen-bond donors (Lipinski definition) is 2. The van der Waals surface area contributed by atoms with Crippen molar-refractivity contribution in [2.45, 2.75) is 10.6 Å². The Labute approximate surface area is 140 Å². The summed E-state index contributed by atoms with van der Waals surface area (Å²) in [6.45, 7) is 2.57. The fourth-order valence-electron chi connectivity index (χ4n) is 3.01. The number of benzene rings is 2. The predicted molar refractivity (Wildman–Crippen MR) is 97.8 cm³/mol. The Kier molecular flexibility index (Phi) is 4.07. The van der Waals surface area contributed by atoms with Crippen LogP contribution in [0.4, 0.5) is 0 Å². The van der Waals surface area contributed by atoms with Crippen molar-refractivity contribution in [3.05, 3.63) is 71.3 Å². The fourth-order valence-corrected chi connectivity index (χ4v) is 4.08. The Hall–Kier alpha value is -2.20. The summed E-state index contributed by atoms with van der Waals surface area (Å²) in [5, 5.41) is 6.62. The molecule has 2 aliphatic rings. The van der Waals surface area contributed by atoms with E-state index in [1.165, 1.54) is 27.2 Å². The van der Waals surface area contributed by atoms with Gasteiger partial charge >= 0.3 is 0 Å². The molecule has 4 heteroatoms. The lowest BCUT2D eigenvalue weighted by atomic mass is 9.94. The monoisotopic (exact) mass is 321 g/mol. The smallest absolute Gasteiger partial charge is 0.191 e. The molecule has 0 atom stereocenters. The summed E-state index contributed by atoms with van der Waals surface area (Å²) < 4.78 is 0. The molecule has 0 unspecified atom stereocenters. The van der Waals surface area contributed by atoms with E-state index in [1.54, 1.807) is 0 Å². The van der Waals surface area contributed by atoms with Gasteiger partial charge in [0.25, 0.3) is 0 Å². The molecule has 3 nitrogen and oxygen atoms in total. The maximum absolute atomic E-state index is 4.39. The third-order valence-corrected chi connectivity index (χ3v) is 5.24. The third kappa shape index (κ3) is 2.99. The highest BCUT2D eigenvalue weighted by molar-refractivity contribution is 7.98. The van der Waals surface area contributed by atoms with Crippen molar-refractivity contribution in [2.75, 3.05) is 19.6 Å². The molecule has 0 amide bonds. The lowest BCUT2D eigenvalue weighted by molar-refractivity contribution is 0.923. The summed E-state index contributed by atoms with van der Waals surface area (Å²) in [4.78, 5) is 5.74. The zero-order valence-electron chi connectivity index (χ0n) is 12.9. The zero-order valence-corrected chi connectivity index (χ0v) is 13.7. The van der Waals surface area contributed by atoms with Gasteiger partial charge in [-0.15, -0.1) is 11.8 Å². The number of nitrogens with one attached hydrogen (secondary N) is 2. The number of nitrogens with zero attached hydrogens (tertiary/aromatic N) is 1. The molecule has 0 bridgehead atoms. The lowest BCUT2D eigenvalue weighted by Gasteiger charge is -2.12. The van der Waals surface area contributed by atoms with Gasteiger partial charge in [-0.2, -0.15) is 0 Å². The van der Waals surface area contributed by atoms with E-state index >= 15 is 0 Å². The number of rotatable bonds is 2. The van der Waals surface area contributed by atoms with Crippen LogP contribution in [0.3, 0.4) is 0 Å². The van der Waals surface area contributed by atoms with Gasteiger partial charge in [0.15, 0.2) is 5.96 Å². The van der Waals surface area contributed by atoms with Crippen LogP contribution in [0.5, 0.6) is 0 Å². The van der Waals surface area contributed by atoms with E-state index in [-0.39, 0.29) is 0 Å². The second kappa shape index (κ2) is 6.50. The summed E-state index contributed by atoms with van der Waals surface area (Å²) in [6, 6.07) is 17.4. The Morgan fingerprint density at radius 1 is 1.09 bits per heavy atom. The first-order chi connectivity index (χ1) is 11.4. The second-order valence-electron chi connectivity index (χ2n) is 5.60. The molecule has 0 saturated heterocycles. The third-order valence-electron chi connectivity index (χ3n) is 4.12. The summed E-state index contributed by atoms with van der Waals surface area (Å²) in [5.74, 6) is 1.93. The van der Waals surface area contributed by atoms with Gasteiger partial charge in [0, 0.05) is 23.7 Å². The topological polar surface area (TPSA) is 36.4 Å². The highest BCUT2D eigenvalue weighted by Crippen LogP contribution is 2.39. The molecule has 0 saturated carbocycles. The molecule has 2 N–H and O–H groups in total. The molecule has 0 fully saturated rings. The minimum absolute atomic E-state index is 0.772. The van der Waals surface area contributed by atoms with E-state index < -0.39 is 0 Å². The lowest BCUT2D eigenvalue weighted by Crippen LogP contribution is -2.33. The Morgan fingerprint density at radius 2 is 1.91 bits per heavy atom. The van der Waals surface area contributed by atoms with Crippen molar-refractivity contribution in [3.8, 4) is 0 Å². The van der Waals surface area contributed by atoms with Crippen LogP contribution in [-0.2, 0) is 5.75 Å². The molecule has 0 aliphatic carbocycles. The number of fused-ring (bicyclic) bond motifs is 2. The van der Waals surface area contributed by atoms with Gasteiger partial charge in [0.05, 0.1) is 6.54 Å². The molecular formula is C19H19N3S. The molecule has 2 aliphatic heterocycles. The van der Waals surface area contributed by atoms with Crippen molar-refractivity contribution in [1.82, 2.24) is 10.6 Å². The molecule has 0 radical (unpaired) electrons. The van der Waals surface area contributed by atoms with Gasteiger partial charge in [-0.1, -0.05) is 48.5 Å². The van der Waals surface area contributed by atoms with Crippen molar-refractivity contribution in [1.29, 1.82) is 0 Å². The Balaban J connectivity index is 1.71. The van der Waals surface area contributed by atoms with E-state index in [2.05, 4.69) is 70.2 Å². The van der Waals surface area contributed by atoms with Crippen LogP contribution in [0.1, 0.15) is 16.7 Å². The quantitative estimate of drug-likeness (QED) is 0.891. The average molecular weight is 321 g/mol. The van der Waals surface area contributed by atoms with Gasteiger partial charge in [-0.05, 0) is 28.3 Å². The number of thioether (sulfide) groups is 1. The first-order valence-corrected chi connectivity index (χ1v) is 8.93. The van der Waals surface area contributed by atoms with E-state index in [4.69, 9.17) is 0 Å². The van der Waals surface area contributed by atoms with Crippen LogP contribution in [-0.4, -0.2) is 25.6 Å². The molecule has 2 heterocycles. The van der Waals surface area contributed by atoms with Crippen molar-refractivity contribution in [3.63, 3.8) is 0 Å². The van der Waals surface area contributed by atoms with E-state index in [0.29, 0.717) is 0 Å². The minimum Gasteiger partial charge on any atom is -0.355 e. The number of aliphatic imine (C=N–C) groups is 1. The molecule has 2 aromatic carbocycles. The van der Waals surface area contributed by atoms with Crippen LogP contribution in [0, 0.1) is 0 Å². The second-order valence-corrected chi connectivity index (χ2v) is 6.61. The van der Waals surface area contributed by atoms with Crippen LogP contribution < -0.4 is 10.6 Å². The Morgan fingerprint density at radius 3 is 2.78 bits per heavy atom.